The molecule has 0 aromatic heterocycles. The van der Waals surface area contributed by atoms with Gasteiger partial charge in [-0.1, -0.05) is 0 Å². The minimum atomic E-state index is -0.536. The monoisotopic (exact) mass is 416 g/mol. The highest BCUT2D eigenvalue weighted by Crippen LogP contribution is 2.44. The Kier molecular flexibility index (Phi) is 4.16. The topological polar surface area (TPSA) is 52.6 Å². The predicted octanol–water partition coefficient (Wildman–Crippen LogP) is 2.92. The van der Waals surface area contributed by atoms with Crippen LogP contribution in [0.5, 0.6) is 0 Å². The van der Waals surface area contributed by atoms with Gasteiger partial charge in [-0.15, -0.1) is 0 Å². The maximum Gasteiger partial charge on any atom is 0.238 e. The molecule has 0 unspecified atom stereocenters. The minimum absolute atomic E-state index is 0.0573. The molecule has 0 bridgehead atoms. The highest BCUT2D eigenvalue weighted by atomic mass is 79.9. The zero-order chi connectivity index (χ0) is 15.2. The number of β-amino-alcohol motifs (C(OH)–C–C–N with tert-alkyl or cyclic N) is 1. The van der Waals surface area contributed by atoms with E-state index in [1.807, 2.05) is 24.0 Å². The van der Waals surface area contributed by atoms with Crippen molar-refractivity contribution in [3.8, 4) is 0 Å². The lowest BCUT2D eigenvalue weighted by molar-refractivity contribution is -0.132. The van der Waals surface area contributed by atoms with Gasteiger partial charge in [-0.25, -0.2) is 0 Å². The summed E-state index contributed by atoms with van der Waals surface area (Å²) in [7, 11) is 0. The molecule has 114 valence electrons. The highest BCUT2D eigenvalue weighted by molar-refractivity contribution is 9.11. The summed E-state index contributed by atoms with van der Waals surface area (Å²) in [5, 5.41) is 13.2. The van der Waals surface area contributed by atoms with Gasteiger partial charge in [0, 0.05) is 22.0 Å². The maximum atomic E-state index is 12.1. The summed E-state index contributed by atoms with van der Waals surface area (Å²) >= 11 is 6.94. The van der Waals surface area contributed by atoms with Gasteiger partial charge in [-0.2, -0.15) is 0 Å². The number of anilines is 1. The largest absolute Gasteiger partial charge is 0.387 e. The molecule has 3 rings (SSSR count). The summed E-state index contributed by atoms with van der Waals surface area (Å²) in [6.07, 6.45) is 2.25. The van der Waals surface area contributed by atoms with E-state index in [1.54, 1.807) is 0 Å². The summed E-state index contributed by atoms with van der Waals surface area (Å²) in [5.41, 5.74) is 1.33. The van der Waals surface area contributed by atoms with Crippen molar-refractivity contribution in [3.05, 3.63) is 26.6 Å². The van der Waals surface area contributed by atoms with E-state index in [1.165, 1.54) is 0 Å². The number of aryl methyl sites for hydroxylation is 1. The number of benzene rings is 1. The van der Waals surface area contributed by atoms with Gasteiger partial charge in [0.2, 0.25) is 5.91 Å². The van der Waals surface area contributed by atoms with Crippen LogP contribution in [0.3, 0.4) is 0 Å². The van der Waals surface area contributed by atoms with Gasteiger partial charge < -0.3 is 10.4 Å². The van der Waals surface area contributed by atoms with Crippen LogP contribution in [-0.4, -0.2) is 41.1 Å². The summed E-state index contributed by atoms with van der Waals surface area (Å²) < 4.78 is 1.72. The van der Waals surface area contributed by atoms with Crippen molar-refractivity contribution in [2.24, 2.45) is 5.92 Å². The second-order valence-corrected chi connectivity index (χ2v) is 7.88. The van der Waals surface area contributed by atoms with E-state index >= 15 is 0 Å². The van der Waals surface area contributed by atoms with Crippen LogP contribution in [0.25, 0.3) is 0 Å². The number of hydrogen-bond donors (Lipinski definition) is 2. The summed E-state index contributed by atoms with van der Waals surface area (Å²) in [4.78, 5) is 14.1. The van der Waals surface area contributed by atoms with Crippen LogP contribution in [0.1, 0.15) is 18.4 Å². The van der Waals surface area contributed by atoms with Crippen molar-refractivity contribution >= 4 is 43.5 Å². The SMILES string of the molecule is Cc1cc(Br)c(NC(=O)CN2CC(O)(C3CC3)C2)c(Br)c1. The molecule has 2 aliphatic rings. The first-order chi connectivity index (χ1) is 9.87. The number of carbonyl (C=O) groups is 1. The molecule has 2 fully saturated rings. The first-order valence-electron chi connectivity index (χ1n) is 7.07. The van der Waals surface area contributed by atoms with Gasteiger partial charge in [-0.05, 0) is 75.2 Å². The van der Waals surface area contributed by atoms with Crippen LogP contribution < -0.4 is 5.32 Å². The summed E-state index contributed by atoms with van der Waals surface area (Å²) in [6, 6.07) is 3.94. The number of likely N-dealkylation sites (tertiary alicyclic amines) is 1. The molecule has 4 nitrogen and oxygen atoms in total. The van der Waals surface area contributed by atoms with Crippen molar-refractivity contribution in [3.63, 3.8) is 0 Å². The Morgan fingerprint density at radius 2 is 1.95 bits per heavy atom. The van der Waals surface area contributed by atoms with Gasteiger partial charge in [0.1, 0.15) is 0 Å². The molecule has 0 atom stereocenters. The molecule has 1 aromatic carbocycles. The summed E-state index contributed by atoms with van der Waals surface area (Å²) in [5.74, 6) is 0.398. The quantitative estimate of drug-likeness (QED) is 0.791. The third-order valence-electron chi connectivity index (χ3n) is 4.15. The van der Waals surface area contributed by atoms with E-state index < -0.39 is 5.60 Å². The van der Waals surface area contributed by atoms with Gasteiger partial charge in [-0.3, -0.25) is 9.69 Å². The first kappa shape index (κ1) is 15.5. The Balaban J connectivity index is 1.56. The van der Waals surface area contributed by atoms with Crippen molar-refractivity contribution < 1.29 is 9.90 Å². The zero-order valence-electron chi connectivity index (χ0n) is 11.8. The molecule has 0 spiro atoms. The van der Waals surface area contributed by atoms with Crippen molar-refractivity contribution in [1.82, 2.24) is 4.90 Å². The van der Waals surface area contributed by atoms with Gasteiger partial charge in [0.25, 0.3) is 0 Å². The molecule has 1 aliphatic heterocycles. The average Bonchev–Trinajstić information content (AvgIpc) is 3.15. The lowest BCUT2D eigenvalue weighted by Gasteiger charge is -2.46. The molecule has 1 saturated heterocycles. The number of hydrogen-bond acceptors (Lipinski definition) is 3. The molecule has 1 amide bonds. The third kappa shape index (κ3) is 3.33. The fraction of sp³-hybridized carbons (Fsp3) is 0.533. The molecular weight excluding hydrogens is 400 g/mol. The van der Waals surface area contributed by atoms with Crippen LogP contribution in [-0.2, 0) is 4.79 Å². The summed E-state index contributed by atoms with van der Waals surface area (Å²) in [6.45, 7) is 3.55. The Hall–Kier alpha value is -0.430. The number of nitrogens with zero attached hydrogens (tertiary/aromatic N) is 1. The molecular formula is C15H18Br2N2O2. The number of carbonyl (C=O) groups excluding carboxylic acids is 1. The Labute approximate surface area is 141 Å². The van der Waals surface area contributed by atoms with Gasteiger partial charge >= 0.3 is 0 Å². The zero-order valence-corrected chi connectivity index (χ0v) is 15.0. The second kappa shape index (κ2) is 5.65. The number of halogens is 2. The smallest absolute Gasteiger partial charge is 0.238 e. The Morgan fingerprint density at radius 1 is 1.38 bits per heavy atom. The number of aliphatic hydroxyl groups is 1. The molecule has 1 heterocycles. The van der Waals surface area contributed by atoms with E-state index in [4.69, 9.17) is 0 Å². The lowest BCUT2D eigenvalue weighted by atomic mass is 9.89. The first-order valence-corrected chi connectivity index (χ1v) is 8.66. The lowest BCUT2D eigenvalue weighted by Crippen LogP contribution is -2.64. The predicted molar refractivity (Wildman–Crippen MR) is 89.3 cm³/mol. The van der Waals surface area contributed by atoms with Gasteiger partial charge in [0.05, 0.1) is 17.8 Å². The number of rotatable bonds is 4. The van der Waals surface area contributed by atoms with E-state index in [0.29, 0.717) is 25.6 Å². The Bertz CT molecular complexity index is 558. The fourth-order valence-corrected chi connectivity index (χ4v) is 4.53. The van der Waals surface area contributed by atoms with E-state index in [9.17, 15) is 9.90 Å². The van der Waals surface area contributed by atoms with Crippen LogP contribution in [0.4, 0.5) is 5.69 Å². The molecule has 2 N–H and O–H groups in total. The number of amides is 1. The van der Waals surface area contributed by atoms with Crippen molar-refractivity contribution in [2.45, 2.75) is 25.4 Å². The molecule has 1 aromatic rings. The molecule has 21 heavy (non-hydrogen) atoms. The van der Waals surface area contributed by atoms with Crippen LogP contribution >= 0.6 is 31.9 Å². The van der Waals surface area contributed by atoms with Crippen LogP contribution in [0, 0.1) is 12.8 Å². The van der Waals surface area contributed by atoms with Crippen LogP contribution in [0.15, 0.2) is 21.1 Å². The van der Waals surface area contributed by atoms with Gasteiger partial charge in [0.15, 0.2) is 0 Å². The van der Waals surface area contributed by atoms with E-state index in [0.717, 1.165) is 33.0 Å². The Morgan fingerprint density at radius 3 is 2.48 bits per heavy atom. The molecule has 6 heteroatoms. The average molecular weight is 418 g/mol. The molecule has 1 saturated carbocycles. The van der Waals surface area contributed by atoms with Crippen LogP contribution in [0.2, 0.25) is 0 Å². The van der Waals surface area contributed by atoms with E-state index in [-0.39, 0.29) is 5.91 Å². The maximum absolute atomic E-state index is 12.1. The molecule has 0 radical (unpaired) electrons. The highest BCUT2D eigenvalue weighted by Gasteiger charge is 2.51. The third-order valence-corrected chi connectivity index (χ3v) is 5.40. The minimum Gasteiger partial charge on any atom is -0.387 e. The fourth-order valence-electron chi connectivity index (χ4n) is 2.92. The standard InChI is InChI=1S/C15H18Br2N2O2/c1-9-4-11(16)14(12(17)5-9)18-13(20)6-19-7-15(21,8-19)10-2-3-10/h4-5,10,21H,2-3,6-8H2,1H3,(H,18,20). The van der Waals surface area contributed by atoms with Crippen molar-refractivity contribution in [2.75, 3.05) is 25.0 Å². The normalized spacial score (nSPS) is 21.0. The van der Waals surface area contributed by atoms with E-state index in [2.05, 4.69) is 37.2 Å². The number of nitrogens with one attached hydrogen (secondary N) is 1. The second-order valence-electron chi connectivity index (χ2n) is 6.17. The molecule has 1 aliphatic carbocycles. The van der Waals surface area contributed by atoms with Crippen molar-refractivity contribution in [1.29, 1.82) is 0 Å².